The maximum Gasteiger partial charge on any atom is 0.169 e. The van der Waals surface area contributed by atoms with Gasteiger partial charge >= 0.3 is 0 Å². The van der Waals surface area contributed by atoms with Crippen molar-refractivity contribution in [2.24, 2.45) is 0 Å². The number of hydrogen-bond acceptors (Lipinski definition) is 6. The number of benzene rings is 2. The lowest BCUT2D eigenvalue weighted by Crippen LogP contribution is -1.94. The first kappa shape index (κ1) is 17.1. The summed E-state index contributed by atoms with van der Waals surface area (Å²) in [5, 5.41) is 0. The second kappa shape index (κ2) is 7.44. The van der Waals surface area contributed by atoms with Crippen LogP contribution in [0.1, 0.15) is 0 Å². The van der Waals surface area contributed by atoms with Gasteiger partial charge in [-0.15, -0.1) is 0 Å². The van der Waals surface area contributed by atoms with Crippen LogP contribution in [0.2, 0.25) is 0 Å². The molecule has 25 heavy (non-hydrogen) atoms. The van der Waals surface area contributed by atoms with Gasteiger partial charge in [0.2, 0.25) is 0 Å². The van der Waals surface area contributed by atoms with Crippen molar-refractivity contribution in [3.05, 3.63) is 42.5 Å². The van der Waals surface area contributed by atoms with Crippen molar-refractivity contribution < 1.29 is 18.9 Å². The molecule has 130 valence electrons. The highest BCUT2D eigenvalue weighted by molar-refractivity contribution is 7.09. The molecule has 0 saturated carbocycles. The van der Waals surface area contributed by atoms with Crippen LogP contribution >= 0.6 is 11.5 Å². The summed E-state index contributed by atoms with van der Waals surface area (Å²) in [6, 6.07) is 13.6. The monoisotopic (exact) mass is 357 g/mol. The average Bonchev–Trinajstić information content (AvgIpc) is 3.16. The highest BCUT2D eigenvalue weighted by Gasteiger charge is 2.17. The van der Waals surface area contributed by atoms with E-state index in [4.69, 9.17) is 18.9 Å². The van der Waals surface area contributed by atoms with E-state index >= 15 is 0 Å². The Balaban J connectivity index is 2.04. The Morgan fingerprint density at radius 1 is 0.760 bits per heavy atom. The average molecular weight is 357 g/mol. The molecule has 6 heteroatoms. The van der Waals surface area contributed by atoms with Gasteiger partial charge in [0.25, 0.3) is 0 Å². The van der Waals surface area contributed by atoms with Crippen molar-refractivity contribution in [1.82, 2.24) is 4.37 Å². The van der Waals surface area contributed by atoms with E-state index in [9.17, 15) is 0 Å². The van der Waals surface area contributed by atoms with Crippen LogP contribution in [0.4, 0.5) is 0 Å². The van der Waals surface area contributed by atoms with Crippen molar-refractivity contribution in [2.45, 2.75) is 0 Å². The predicted octanol–water partition coefficient (Wildman–Crippen LogP) is 4.51. The zero-order valence-electron chi connectivity index (χ0n) is 14.5. The highest BCUT2D eigenvalue weighted by Crippen LogP contribution is 2.43. The van der Waals surface area contributed by atoms with E-state index in [1.54, 1.807) is 34.5 Å². The van der Waals surface area contributed by atoms with E-state index in [1.165, 1.54) is 11.5 Å². The maximum absolute atomic E-state index is 5.55. The van der Waals surface area contributed by atoms with E-state index in [2.05, 4.69) is 4.37 Å². The minimum atomic E-state index is 0.622. The van der Waals surface area contributed by atoms with Gasteiger partial charge in [0.05, 0.1) is 39.0 Å². The van der Waals surface area contributed by atoms with Crippen molar-refractivity contribution in [3.63, 3.8) is 0 Å². The summed E-state index contributed by atoms with van der Waals surface area (Å²) in [5.41, 5.74) is 2.81. The van der Waals surface area contributed by atoms with Crippen LogP contribution in [0, 0.1) is 0 Å². The van der Waals surface area contributed by atoms with Crippen LogP contribution < -0.4 is 18.9 Å². The van der Waals surface area contributed by atoms with Crippen LogP contribution in [0.15, 0.2) is 42.5 Å². The van der Waals surface area contributed by atoms with Crippen molar-refractivity contribution in [2.75, 3.05) is 28.4 Å². The summed E-state index contributed by atoms with van der Waals surface area (Å²) in [4.78, 5) is 0.972. The molecule has 3 aromatic rings. The van der Waals surface area contributed by atoms with Crippen LogP contribution in [-0.2, 0) is 0 Å². The van der Waals surface area contributed by atoms with Crippen molar-refractivity contribution in [1.29, 1.82) is 0 Å². The fourth-order valence-electron chi connectivity index (χ4n) is 2.54. The number of hydrogen-bond donors (Lipinski definition) is 0. The second-order valence-corrected chi connectivity index (χ2v) is 6.02. The number of rotatable bonds is 6. The van der Waals surface area contributed by atoms with E-state index in [0.29, 0.717) is 17.2 Å². The molecule has 0 spiro atoms. The lowest BCUT2D eigenvalue weighted by Gasteiger charge is -2.13. The van der Waals surface area contributed by atoms with Crippen LogP contribution in [0.5, 0.6) is 23.0 Å². The quantitative estimate of drug-likeness (QED) is 0.649. The lowest BCUT2D eigenvalue weighted by atomic mass is 10.1. The molecule has 0 bridgehead atoms. The summed E-state index contributed by atoms with van der Waals surface area (Å²) in [6.45, 7) is 0. The summed E-state index contributed by atoms with van der Waals surface area (Å²) >= 11 is 1.40. The number of aromatic nitrogens is 1. The third-order valence-corrected chi connectivity index (χ3v) is 4.67. The first-order valence-corrected chi connectivity index (χ1v) is 8.39. The minimum absolute atomic E-state index is 0.622. The molecular formula is C19H19NO4S. The Hall–Kier alpha value is -2.73. The fourth-order valence-corrected chi connectivity index (χ4v) is 3.31. The normalized spacial score (nSPS) is 10.4. The van der Waals surface area contributed by atoms with Gasteiger partial charge in [-0.2, -0.15) is 4.37 Å². The largest absolute Gasteiger partial charge is 0.497 e. The summed E-state index contributed by atoms with van der Waals surface area (Å²) < 4.78 is 26.1. The molecule has 5 nitrogen and oxygen atoms in total. The van der Waals surface area contributed by atoms with Crippen molar-refractivity contribution >= 4 is 11.5 Å². The number of methoxy groups -OCH3 is 4. The molecule has 0 radical (unpaired) electrons. The summed E-state index contributed by atoms with van der Waals surface area (Å²) in [6.07, 6.45) is 0. The van der Waals surface area contributed by atoms with Gasteiger partial charge in [-0.25, -0.2) is 0 Å². The van der Waals surface area contributed by atoms with Crippen LogP contribution in [0.25, 0.3) is 21.7 Å². The van der Waals surface area contributed by atoms with Crippen LogP contribution in [-0.4, -0.2) is 32.8 Å². The standard InChI is InChI=1S/C19H19NO4S/c1-21-13-7-5-12(6-8-13)16-11-18(25-20-16)15-9-14(22-2)10-17(23-3)19(15)24-4/h5-11H,1-4H3. The molecule has 1 heterocycles. The number of ether oxygens (including phenoxy) is 4. The van der Waals surface area contributed by atoms with Gasteiger partial charge in [0.1, 0.15) is 11.5 Å². The maximum atomic E-state index is 5.55. The first-order valence-electron chi connectivity index (χ1n) is 7.61. The van der Waals surface area contributed by atoms with E-state index < -0.39 is 0 Å². The molecule has 0 unspecified atom stereocenters. The summed E-state index contributed by atoms with van der Waals surface area (Å²) in [5.74, 6) is 2.80. The smallest absolute Gasteiger partial charge is 0.169 e. The Morgan fingerprint density at radius 2 is 1.48 bits per heavy atom. The highest BCUT2D eigenvalue weighted by atomic mass is 32.1. The van der Waals surface area contributed by atoms with Crippen LogP contribution in [0.3, 0.4) is 0 Å². The Kier molecular flexibility index (Phi) is 5.09. The van der Waals surface area contributed by atoms with Gasteiger partial charge in [0.15, 0.2) is 11.5 Å². The molecule has 0 aliphatic carbocycles. The molecular weight excluding hydrogens is 338 g/mol. The van der Waals surface area contributed by atoms with Gasteiger partial charge in [0, 0.05) is 17.2 Å². The Bertz CT molecular complexity index is 858. The summed E-state index contributed by atoms with van der Waals surface area (Å²) in [7, 11) is 6.51. The van der Waals surface area contributed by atoms with Gasteiger partial charge in [-0.05, 0) is 47.9 Å². The topological polar surface area (TPSA) is 49.8 Å². The molecule has 0 amide bonds. The molecule has 0 atom stereocenters. The van der Waals surface area contributed by atoms with E-state index in [-0.39, 0.29) is 0 Å². The molecule has 2 aromatic carbocycles. The Morgan fingerprint density at radius 3 is 2.08 bits per heavy atom. The zero-order chi connectivity index (χ0) is 17.8. The van der Waals surface area contributed by atoms with Gasteiger partial charge in [-0.1, -0.05) is 0 Å². The first-order chi connectivity index (χ1) is 12.2. The van der Waals surface area contributed by atoms with Gasteiger partial charge in [-0.3, -0.25) is 0 Å². The van der Waals surface area contributed by atoms with E-state index in [1.807, 2.05) is 36.4 Å². The minimum Gasteiger partial charge on any atom is -0.497 e. The third kappa shape index (κ3) is 3.39. The Labute approximate surface area is 150 Å². The zero-order valence-corrected chi connectivity index (χ0v) is 15.3. The third-order valence-electron chi connectivity index (χ3n) is 3.85. The molecule has 0 aliphatic rings. The SMILES string of the molecule is COc1ccc(-c2cc(-c3cc(OC)cc(OC)c3OC)sn2)cc1. The molecule has 1 aromatic heterocycles. The second-order valence-electron chi connectivity index (χ2n) is 5.22. The van der Waals surface area contributed by atoms with Crippen molar-refractivity contribution in [3.8, 4) is 44.7 Å². The predicted molar refractivity (Wildman–Crippen MR) is 99.2 cm³/mol. The number of nitrogens with zero attached hydrogens (tertiary/aromatic N) is 1. The van der Waals surface area contributed by atoms with Gasteiger partial charge < -0.3 is 18.9 Å². The molecule has 0 aliphatic heterocycles. The molecule has 3 rings (SSSR count). The molecule has 0 fully saturated rings. The molecule has 0 N–H and O–H groups in total. The fraction of sp³-hybridized carbons (Fsp3) is 0.211. The lowest BCUT2D eigenvalue weighted by molar-refractivity contribution is 0.350. The molecule has 0 saturated heterocycles. The van der Waals surface area contributed by atoms with E-state index in [0.717, 1.165) is 27.4 Å².